The maximum Gasteiger partial charge on any atom is 0.137 e. The minimum absolute atomic E-state index is 0.830. The topological polar surface area (TPSA) is 82.3 Å². The smallest absolute Gasteiger partial charge is 0.137 e. The summed E-state index contributed by atoms with van der Waals surface area (Å²) in [6.45, 7) is 1.79. The van der Waals surface area contributed by atoms with Gasteiger partial charge in [-0.3, -0.25) is 5.10 Å². The zero-order valence-electron chi connectivity index (χ0n) is 8.40. The van der Waals surface area contributed by atoms with Gasteiger partial charge >= 0.3 is 0 Å². The molecule has 2 aromatic heterocycles. The fraction of sp³-hybridized carbons (Fsp3) is 0.444. The highest BCUT2D eigenvalue weighted by Crippen LogP contribution is 1.93. The highest BCUT2D eigenvalue weighted by molar-refractivity contribution is 4.93. The van der Waals surface area contributed by atoms with E-state index in [0.29, 0.717) is 0 Å². The first kappa shape index (κ1) is 9.85. The summed E-state index contributed by atoms with van der Waals surface area (Å²) in [5, 5.41) is 9.95. The first-order chi connectivity index (χ1) is 7.45. The Morgan fingerprint density at radius 1 is 1.40 bits per heavy atom. The first-order valence-corrected chi connectivity index (χ1v) is 4.97. The van der Waals surface area contributed by atoms with E-state index in [9.17, 15) is 0 Å². The number of hydrogen-bond donors (Lipinski definition) is 3. The second kappa shape index (κ2) is 5.26. The molecule has 6 nitrogen and oxygen atoms in total. The molecule has 3 N–H and O–H groups in total. The van der Waals surface area contributed by atoms with E-state index in [1.807, 2.05) is 6.20 Å². The van der Waals surface area contributed by atoms with E-state index in [-0.39, 0.29) is 0 Å². The van der Waals surface area contributed by atoms with Crippen molar-refractivity contribution < 1.29 is 0 Å². The molecule has 0 spiro atoms. The normalized spacial score (nSPS) is 10.7. The van der Waals surface area contributed by atoms with Crippen LogP contribution >= 0.6 is 0 Å². The molecular weight excluding hydrogens is 192 g/mol. The van der Waals surface area contributed by atoms with Gasteiger partial charge in [-0.1, -0.05) is 0 Å². The number of H-pyrrole nitrogens is 2. The molecule has 0 bridgehead atoms. The highest BCUT2D eigenvalue weighted by Gasteiger charge is 1.96. The van der Waals surface area contributed by atoms with Gasteiger partial charge in [-0.05, 0) is 13.0 Å². The minimum atomic E-state index is 0.830. The molecule has 2 aromatic rings. The Kier molecular flexibility index (Phi) is 3.45. The lowest BCUT2D eigenvalue weighted by Crippen LogP contribution is -2.15. The van der Waals surface area contributed by atoms with Crippen molar-refractivity contribution in [2.24, 2.45) is 0 Å². The van der Waals surface area contributed by atoms with Gasteiger partial charge in [-0.15, -0.1) is 0 Å². The van der Waals surface area contributed by atoms with Gasteiger partial charge in [-0.2, -0.15) is 5.10 Å². The van der Waals surface area contributed by atoms with Crippen LogP contribution in [0.2, 0.25) is 0 Å². The Hall–Kier alpha value is -1.69. The number of aromatic nitrogens is 5. The molecule has 0 unspecified atom stereocenters. The lowest BCUT2D eigenvalue weighted by molar-refractivity contribution is 0.633. The second-order valence-corrected chi connectivity index (χ2v) is 3.29. The van der Waals surface area contributed by atoms with E-state index in [4.69, 9.17) is 0 Å². The standard InChI is InChI=1S/C9H14N6/c1(2-9-13-7-14-15-9)3-10-4-8-5-11-6-12-8/h5-7,10H,1-4H2,(H,11,12)(H,13,14,15). The molecule has 0 amide bonds. The van der Waals surface area contributed by atoms with Crippen LogP contribution in [0.5, 0.6) is 0 Å². The number of aryl methyl sites for hydroxylation is 1. The fourth-order valence-corrected chi connectivity index (χ4v) is 1.34. The Balaban J connectivity index is 1.56. The number of nitrogens with one attached hydrogen (secondary N) is 3. The van der Waals surface area contributed by atoms with Crippen molar-refractivity contribution in [3.05, 3.63) is 30.4 Å². The van der Waals surface area contributed by atoms with Crippen LogP contribution in [0.25, 0.3) is 0 Å². The summed E-state index contributed by atoms with van der Waals surface area (Å²) in [7, 11) is 0. The molecule has 80 valence electrons. The van der Waals surface area contributed by atoms with Gasteiger partial charge in [0, 0.05) is 24.9 Å². The Bertz CT molecular complexity index is 316. The van der Waals surface area contributed by atoms with Crippen molar-refractivity contribution in [3.8, 4) is 0 Å². The van der Waals surface area contributed by atoms with E-state index < -0.39 is 0 Å². The summed E-state index contributed by atoms with van der Waals surface area (Å²) in [5.41, 5.74) is 1.11. The third kappa shape index (κ3) is 3.17. The maximum absolute atomic E-state index is 4.05. The number of hydrogen-bond acceptors (Lipinski definition) is 4. The van der Waals surface area contributed by atoms with Crippen LogP contribution < -0.4 is 5.32 Å². The van der Waals surface area contributed by atoms with Crippen LogP contribution in [0.15, 0.2) is 18.9 Å². The summed E-state index contributed by atoms with van der Waals surface area (Å²) in [6.07, 6.45) is 7.02. The molecule has 0 fully saturated rings. The molecule has 0 aliphatic rings. The number of nitrogens with zero attached hydrogens (tertiary/aromatic N) is 3. The first-order valence-electron chi connectivity index (χ1n) is 4.97. The number of imidazole rings is 1. The van der Waals surface area contributed by atoms with E-state index in [1.54, 1.807) is 6.33 Å². The monoisotopic (exact) mass is 206 g/mol. The zero-order chi connectivity index (χ0) is 10.3. The van der Waals surface area contributed by atoms with Gasteiger partial charge in [0.1, 0.15) is 12.2 Å². The molecule has 2 heterocycles. The fourth-order valence-electron chi connectivity index (χ4n) is 1.34. The van der Waals surface area contributed by atoms with Crippen molar-refractivity contribution in [2.75, 3.05) is 6.54 Å². The molecule has 0 saturated carbocycles. The average Bonchev–Trinajstić information content (AvgIpc) is 2.88. The predicted octanol–water partition coefficient (Wildman–Crippen LogP) is 0.250. The molecule has 6 heteroatoms. The summed E-state index contributed by atoms with van der Waals surface area (Å²) in [5.74, 6) is 0.943. The Labute approximate surface area is 87.5 Å². The second-order valence-electron chi connectivity index (χ2n) is 3.29. The zero-order valence-corrected chi connectivity index (χ0v) is 8.40. The molecule has 0 aliphatic heterocycles. The third-order valence-corrected chi connectivity index (χ3v) is 2.10. The van der Waals surface area contributed by atoms with Crippen molar-refractivity contribution >= 4 is 0 Å². The quantitative estimate of drug-likeness (QED) is 0.592. The Morgan fingerprint density at radius 3 is 3.13 bits per heavy atom. The van der Waals surface area contributed by atoms with Gasteiger partial charge in [0.25, 0.3) is 0 Å². The van der Waals surface area contributed by atoms with Crippen molar-refractivity contribution in [3.63, 3.8) is 0 Å². The predicted molar refractivity (Wildman–Crippen MR) is 55.0 cm³/mol. The van der Waals surface area contributed by atoms with Crippen molar-refractivity contribution in [1.82, 2.24) is 30.5 Å². The van der Waals surface area contributed by atoms with Gasteiger partial charge in [-0.25, -0.2) is 9.97 Å². The average molecular weight is 206 g/mol. The van der Waals surface area contributed by atoms with Crippen LogP contribution in [0.4, 0.5) is 0 Å². The summed E-state index contributed by atoms with van der Waals surface area (Å²) >= 11 is 0. The minimum Gasteiger partial charge on any atom is -0.347 e. The van der Waals surface area contributed by atoms with E-state index in [2.05, 4.69) is 30.5 Å². The van der Waals surface area contributed by atoms with Crippen LogP contribution in [0.3, 0.4) is 0 Å². The molecule has 15 heavy (non-hydrogen) atoms. The SMILES string of the molecule is c1n[nH]c(CCCNCc2cnc[nH]2)n1. The van der Waals surface area contributed by atoms with E-state index >= 15 is 0 Å². The Morgan fingerprint density at radius 2 is 2.40 bits per heavy atom. The van der Waals surface area contributed by atoms with Gasteiger partial charge in [0.05, 0.1) is 6.33 Å². The lowest BCUT2D eigenvalue weighted by Gasteiger charge is -2.01. The van der Waals surface area contributed by atoms with Gasteiger partial charge < -0.3 is 10.3 Å². The van der Waals surface area contributed by atoms with Crippen LogP contribution in [0, 0.1) is 0 Å². The van der Waals surface area contributed by atoms with E-state index in [1.165, 1.54) is 6.33 Å². The number of aromatic amines is 2. The van der Waals surface area contributed by atoms with Gasteiger partial charge in [0.2, 0.25) is 0 Å². The van der Waals surface area contributed by atoms with Crippen LogP contribution in [0.1, 0.15) is 17.9 Å². The molecule has 0 aliphatic carbocycles. The van der Waals surface area contributed by atoms with Gasteiger partial charge in [0.15, 0.2) is 0 Å². The van der Waals surface area contributed by atoms with Crippen LogP contribution in [-0.2, 0) is 13.0 Å². The third-order valence-electron chi connectivity index (χ3n) is 2.10. The maximum atomic E-state index is 4.05. The van der Waals surface area contributed by atoms with Crippen molar-refractivity contribution in [2.45, 2.75) is 19.4 Å². The lowest BCUT2D eigenvalue weighted by atomic mass is 10.3. The molecule has 2 rings (SSSR count). The summed E-state index contributed by atoms with van der Waals surface area (Å²) in [4.78, 5) is 11.0. The molecule has 0 atom stereocenters. The number of rotatable bonds is 6. The molecular formula is C9H14N6. The largest absolute Gasteiger partial charge is 0.347 e. The summed E-state index contributed by atoms with van der Waals surface area (Å²) < 4.78 is 0. The van der Waals surface area contributed by atoms with E-state index in [0.717, 1.165) is 37.4 Å². The van der Waals surface area contributed by atoms with Crippen LogP contribution in [-0.4, -0.2) is 31.7 Å². The summed E-state index contributed by atoms with van der Waals surface area (Å²) in [6, 6.07) is 0. The molecule has 0 radical (unpaired) electrons. The molecule has 0 saturated heterocycles. The van der Waals surface area contributed by atoms with Crippen molar-refractivity contribution in [1.29, 1.82) is 0 Å². The molecule has 0 aromatic carbocycles. The highest BCUT2D eigenvalue weighted by atomic mass is 15.2.